The van der Waals surface area contributed by atoms with Gasteiger partial charge in [-0.2, -0.15) is 0 Å². The predicted octanol–water partition coefficient (Wildman–Crippen LogP) is 1.18. The van der Waals surface area contributed by atoms with Crippen LogP contribution >= 0.6 is 0 Å². The van der Waals surface area contributed by atoms with Crippen LogP contribution in [0.25, 0.3) is 0 Å². The van der Waals surface area contributed by atoms with Gasteiger partial charge in [0, 0.05) is 12.0 Å². The molecule has 0 atom stereocenters. The monoisotopic (exact) mass is 187 g/mol. The zero-order valence-electron chi connectivity index (χ0n) is 9.39. The first kappa shape index (κ1) is 12.6. The molecule has 0 aromatic heterocycles. The van der Waals surface area contributed by atoms with Gasteiger partial charge in [0.05, 0.1) is 6.61 Å². The Labute approximate surface area is 81.1 Å². The van der Waals surface area contributed by atoms with Gasteiger partial charge in [-0.3, -0.25) is 4.79 Å². The van der Waals surface area contributed by atoms with Crippen LogP contribution in [0, 0.1) is 5.41 Å². The van der Waals surface area contributed by atoms with Crippen LogP contribution in [-0.2, 0) is 9.53 Å². The fraction of sp³-hybridized carbons (Fsp3) is 0.900. The number of Topliss-reactive ketones (excluding diaryl/α,β-unsaturated/α-hetero) is 1. The number of ether oxygens (including phenoxy) is 1. The SMILES string of the molecule is CN(C)CCOCC(=O)C(C)(C)C. The molecule has 0 aromatic carbocycles. The second kappa shape index (κ2) is 5.35. The topological polar surface area (TPSA) is 29.5 Å². The van der Waals surface area contributed by atoms with Crippen LogP contribution in [0.3, 0.4) is 0 Å². The molecule has 0 spiro atoms. The molecule has 3 heteroatoms. The molecule has 0 aliphatic carbocycles. The van der Waals surface area contributed by atoms with Gasteiger partial charge >= 0.3 is 0 Å². The zero-order valence-corrected chi connectivity index (χ0v) is 9.39. The summed E-state index contributed by atoms with van der Waals surface area (Å²) in [5.41, 5.74) is -0.280. The zero-order chi connectivity index (χ0) is 10.5. The highest BCUT2D eigenvalue weighted by Gasteiger charge is 2.20. The van der Waals surface area contributed by atoms with E-state index in [-0.39, 0.29) is 17.8 Å². The molecule has 13 heavy (non-hydrogen) atoms. The number of carbonyl (C=O) groups excluding carboxylic acids is 1. The predicted molar refractivity (Wildman–Crippen MR) is 53.8 cm³/mol. The van der Waals surface area contributed by atoms with E-state index in [1.54, 1.807) is 0 Å². The highest BCUT2D eigenvalue weighted by atomic mass is 16.5. The highest BCUT2D eigenvalue weighted by Crippen LogP contribution is 2.14. The van der Waals surface area contributed by atoms with Gasteiger partial charge in [-0.05, 0) is 14.1 Å². The molecule has 0 fully saturated rings. The first-order valence-corrected chi connectivity index (χ1v) is 4.60. The van der Waals surface area contributed by atoms with Crippen LogP contribution in [0.2, 0.25) is 0 Å². The van der Waals surface area contributed by atoms with Crippen molar-refractivity contribution < 1.29 is 9.53 Å². The molecule has 3 nitrogen and oxygen atoms in total. The number of ketones is 1. The van der Waals surface area contributed by atoms with Gasteiger partial charge in [-0.1, -0.05) is 20.8 Å². The summed E-state index contributed by atoms with van der Waals surface area (Å²) >= 11 is 0. The summed E-state index contributed by atoms with van der Waals surface area (Å²) < 4.78 is 5.24. The Morgan fingerprint density at radius 2 is 1.85 bits per heavy atom. The van der Waals surface area contributed by atoms with E-state index >= 15 is 0 Å². The van der Waals surface area contributed by atoms with Crippen molar-refractivity contribution in [2.24, 2.45) is 5.41 Å². The Kier molecular flexibility index (Phi) is 5.18. The van der Waals surface area contributed by atoms with E-state index in [2.05, 4.69) is 0 Å². The highest BCUT2D eigenvalue weighted by molar-refractivity contribution is 5.84. The molecule has 0 aromatic rings. The third kappa shape index (κ3) is 6.72. The molecule has 0 saturated heterocycles. The van der Waals surface area contributed by atoms with Crippen molar-refractivity contribution >= 4 is 5.78 Å². The average molecular weight is 187 g/mol. The Balaban J connectivity index is 3.49. The molecule has 0 aliphatic heterocycles. The van der Waals surface area contributed by atoms with Gasteiger partial charge in [0.2, 0.25) is 0 Å². The molecule has 0 N–H and O–H groups in total. The molecule has 0 unspecified atom stereocenters. The molecule has 0 aliphatic rings. The van der Waals surface area contributed by atoms with Gasteiger partial charge in [0.1, 0.15) is 6.61 Å². The Hall–Kier alpha value is -0.410. The lowest BCUT2D eigenvalue weighted by Gasteiger charge is -2.16. The maximum Gasteiger partial charge on any atom is 0.163 e. The van der Waals surface area contributed by atoms with Crippen LogP contribution in [-0.4, -0.2) is 44.5 Å². The molecule has 0 bridgehead atoms. The summed E-state index contributed by atoms with van der Waals surface area (Å²) in [4.78, 5) is 13.4. The third-order valence-corrected chi connectivity index (χ3v) is 1.75. The molecular weight excluding hydrogens is 166 g/mol. The number of rotatable bonds is 5. The van der Waals surface area contributed by atoms with Gasteiger partial charge in [-0.15, -0.1) is 0 Å². The Morgan fingerprint density at radius 3 is 2.23 bits per heavy atom. The minimum Gasteiger partial charge on any atom is -0.372 e. The van der Waals surface area contributed by atoms with Crippen LogP contribution in [0.15, 0.2) is 0 Å². The van der Waals surface area contributed by atoms with E-state index in [1.807, 2.05) is 39.8 Å². The van der Waals surface area contributed by atoms with Crippen LogP contribution in [0.4, 0.5) is 0 Å². The first-order chi connectivity index (χ1) is 5.84. The number of likely N-dealkylation sites (N-methyl/N-ethyl adjacent to an activating group) is 1. The quantitative estimate of drug-likeness (QED) is 0.605. The lowest BCUT2D eigenvalue weighted by atomic mass is 9.91. The fourth-order valence-corrected chi connectivity index (χ4v) is 0.628. The van der Waals surface area contributed by atoms with Crippen molar-refractivity contribution in [3.63, 3.8) is 0 Å². The van der Waals surface area contributed by atoms with Crippen molar-refractivity contribution in [1.82, 2.24) is 4.90 Å². The summed E-state index contributed by atoms with van der Waals surface area (Å²) in [5, 5.41) is 0. The summed E-state index contributed by atoms with van der Waals surface area (Å²) in [6.45, 7) is 7.43. The summed E-state index contributed by atoms with van der Waals surface area (Å²) in [5.74, 6) is 0.159. The van der Waals surface area contributed by atoms with E-state index in [0.29, 0.717) is 6.61 Å². The maximum absolute atomic E-state index is 11.4. The minimum absolute atomic E-state index is 0.159. The lowest BCUT2D eigenvalue weighted by Crippen LogP contribution is -2.27. The molecule has 0 saturated carbocycles. The van der Waals surface area contributed by atoms with Crippen LogP contribution < -0.4 is 0 Å². The normalized spacial score (nSPS) is 12.2. The third-order valence-electron chi connectivity index (χ3n) is 1.75. The second-order valence-electron chi connectivity index (χ2n) is 4.53. The van der Waals surface area contributed by atoms with E-state index in [9.17, 15) is 4.79 Å². The standard InChI is InChI=1S/C10H21NO2/c1-10(2,3)9(12)8-13-7-6-11(4)5/h6-8H2,1-5H3. The molecular formula is C10H21NO2. The molecule has 0 amide bonds. The van der Waals surface area contributed by atoms with Crippen molar-refractivity contribution in [1.29, 1.82) is 0 Å². The molecule has 0 rings (SSSR count). The maximum atomic E-state index is 11.4. The van der Waals surface area contributed by atoms with E-state index < -0.39 is 0 Å². The number of carbonyl (C=O) groups is 1. The first-order valence-electron chi connectivity index (χ1n) is 4.60. The van der Waals surface area contributed by atoms with E-state index in [1.165, 1.54) is 0 Å². The summed E-state index contributed by atoms with van der Waals surface area (Å²) in [6.07, 6.45) is 0. The van der Waals surface area contributed by atoms with Crippen molar-refractivity contribution in [2.75, 3.05) is 33.9 Å². The Bertz CT molecular complexity index is 159. The van der Waals surface area contributed by atoms with Gasteiger partial charge in [0.25, 0.3) is 0 Å². The molecule has 0 heterocycles. The van der Waals surface area contributed by atoms with Crippen LogP contribution in [0.1, 0.15) is 20.8 Å². The van der Waals surface area contributed by atoms with Gasteiger partial charge in [0.15, 0.2) is 5.78 Å². The van der Waals surface area contributed by atoms with Crippen LogP contribution in [0.5, 0.6) is 0 Å². The average Bonchev–Trinajstić information content (AvgIpc) is 1.95. The smallest absolute Gasteiger partial charge is 0.163 e. The van der Waals surface area contributed by atoms with Gasteiger partial charge < -0.3 is 9.64 Å². The van der Waals surface area contributed by atoms with Crippen molar-refractivity contribution in [3.05, 3.63) is 0 Å². The van der Waals surface area contributed by atoms with Crippen molar-refractivity contribution in [2.45, 2.75) is 20.8 Å². The number of nitrogens with zero attached hydrogens (tertiary/aromatic N) is 1. The number of hydrogen-bond acceptors (Lipinski definition) is 3. The minimum atomic E-state index is -0.280. The fourth-order valence-electron chi connectivity index (χ4n) is 0.628. The lowest BCUT2D eigenvalue weighted by molar-refractivity contribution is -0.131. The second-order valence-corrected chi connectivity index (χ2v) is 4.53. The Morgan fingerprint density at radius 1 is 1.31 bits per heavy atom. The molecule has 78 valence electrons. The van der Waals surface area contributed by atoms with E-state index in [4.69, 9.17) is 4.74 Å². The molecule has 0 radical (unpaired) electrons. The number of hydrogen-bond donors (Lipinski definition) is 0. The van der Waals surface area contributed by atoms with Crippen molar-refractivity contribution in [3.8, 4) is 0 Å². The van der Waals surface area contributed by atoms with E-state index in [0.717, 1.165) is 6.54 Å². The largest absolute Gasteiger partial charge is 0.372 e. The van der Waals surface area contributed by atoms with Gasteiger partial charge in [-0.25, -0.2) is 0 Å². The summed E-state index contributed by atoms with van der Waals surface area (Å²) in [7, 11) is 3.96. The summed E-state index contributed by atoms with van der Waals surface area (Å²) in [6, 6.07) is 0.